The molecular formula is C14H26N4O2. The number of carbonyl (C=O) groups is 1. The first-order chi connectivity index (χ1) is 9.48. The van der Waals surface area contributed by atoms with E-state index in [4.69, 9.17) is 10.9 Å². The van der Waals surface area contributed by atoms with Gasteiger partial charge >= 0.3 is 0 Å². The van der Waals surface area contributed by atoms with Gasteiger partial charge < -0.3 is 21.2 Å². The highest BCUT2D eigenvalue weighted by atomic mass is 16.4. The molecule has 6 nitrogen and oxygen atoms in total. The fraction of sp³-hybridized carbons (Fsp3) is 0.857. The molecule has 114 valence electrons. The minimum atomic E-state index is -0.778. The number of hydrogen-bond donors (Lipinski definition) is 3. The van der Waals surface area contributed by atoms with Crippen LogP contribution in [0.2, 0.25) is 0 Å². The number of nitrogens with zero attached hydrogens (tertiary/aromatic N) is 2. The van der Waals surface area contributed by atoms with Crippen molar-refractivity contribution in [3.05, 3.63) is 0 Å². The topological polar surface area (TPSA) is 91.0 Å². The number of carbonyl (C=O) groups excluding carboxylic acids is 1. The van der Waals surface area contributed by atoms with Gasteiger partial charge in [0.05, 0.1) is 0 Å². The van der Waals surface area contributed by atoms with Gasteiger partial charge in [-0.05, 0) is 57.7 Å². The highest BCUT2D eigenvalue weighted by Gasteiger charge is 2.52. The lowest BCUT2D eigenvalue weighted by Crippen LogP contribution is -2.57. The predicted octanol–water partition coefficient (Wildman–Crippen LogP) is 0.607. The van der Waals surface area contributed by atoms with Crippen molar-refractivity contribution in [2.45, 2.75) is 32.6 Å². The maximum absolute atomic E-state index is 12.4. The van der Waals surface area contributed by atoms with Crippen LogP contribution in [0.25, 0.3) is 0 Å². The van der Waals surface area contributed by atoms with E-state index in [0.29, 0.717) is 31.2 Å². The number of nitrogens with one attached hydrogen (secondary N) is 1. The van der Waals surface area contributed by atoms with Gasteiger partial charge in [-0.25, -0.2) is 0 Å². The monoisotopic (exact) mass is 282 g/mol. The largest absolute Gasteiger partial charge is 0.409 e. The number of amidine groups is 1. The van der Waals surface area contributed by atoms with E-state index in [2.05, 4.69) is 29.3 Å². The lowest BCUT2D eigenvalue weighted by atomic mass is 9.61. The first kappa shape index (κ1) is 15.1. The van der Waals surface area contributed by atoms with Gasteiger partial charge in [0.25, 0.3) is 0 Å². The number of likely N-dealkylation sites (tertiary alicyclic amines) is 1. The van der Waals surface area contributed by atoms with E-state index in [-0.39, 0.29) is 11.7 Å². The van der Waals surface area contributed by atoms with Crippen molar-refractivity contribution in [2.24, 2.45) is 28.1 Å². The molecule has 1 saturated carbocycles. The van der Waals surface area contributed by atoms with Crippen LogP contribution >= 0.6 is 0 Å². The van der Waals surface area contributed by atoms with Gasteiger partial charge in [0.15, 0.2) is 5.84 Å². The van der Waals surface area contributed by atoms with Crippen molar-refractivity contribution in [3.63, 3.8) is 0 Å². The molecule has 0 aromatic heterocycles. The fourth-order valence-electron chi connectivity index (χ4n) is 3.41. The van der Waals surface area contributed by atoms with Crippen molar-refractivity contribution in [1.29, 1.82) is 0 Å². The van der Waals surface area contributed by atoms with Crippen LogP contribution in [0.1, 0.15) is 32.6 Å². The number of amides is 1. The SMILES string of the molecule is CC1CC(C(=O)NCC2CCN(C)CC2)(C(N)=NO)C1. The Morgan fingerprint density at radius 1 is 1.45 bits per heavy atom. The molecule has 1 aliphatic carbocycles. The maximum Gasteiger partial charge on any atom is 0.233 e. The van der Waals surface area contributed by atoms with Crippen LogP contribution in [-0.2, 0) is 4.79 Å². The molecule has 0 aromatic carbocycles. The summed E-state index contributed by atoms with van der Waals surface area (Å²) in [6.45, 7) is 4.95. The Morgan fingerprint density at radius 3 is 2.55 bits per heavy atom. The zero-order valence-electron chi connectivity index (χ0n) is 12.4. The van der Waals surface area contributed by atoms with E-state index in [1.54, 1.807) is 0 Å². The highest BCUT2D eigenvalue weighted by Crippen LogP contribution is 2.45. The van der Waals surface area contributed by atoms with Gasteiger partial charge in [0.2, 0.25) is 5.91 Å². The van der Waals surface area contributed by atoms with E-state index in [1.165, 1.54) is 0 Å². The summed E-state index contributed by atoms with van der Waals surface area (Å²) in [5, 5.41) is 15.0. The van der Waals surface area contributed by atoms with Crippen LogP contribution in [0.5, 0.6) is 0 Å². The first-order valence-corrected chi connectivity index (χ1v) is 7.43. The third-order valence-electron chi connectivity index (χ3n) is 4.82. The third kappa shape index (κ3) is 2.90. The predicted molar refractivity (Wildman–Crippen MR) is 77.5 cm³/mol. The smallest absolute Gasteiger partial charge is 0.233 e. The second-order valence-electron chi connectivity index (χ2n) is 6.54. The molecule has 0 radical (unpaired) electrons. The Balaban J connectivity index is 1.87. The molecule has 2 fully saturated rings. The Hall–Kier alpha value is -1.30. The zero-order valence-corrected chi connectivity index (χ0v) is 12.4. The van der Waals surface area contributed by atoms with Crippen molar-refractivity contribution in [1.82, 2.24) is 10.2 Å². The van der Waals surface area contributed by atoms with Crippen LogP contribution in [0.4, 0.5) is 0 Å². The normalized spacial score (nSPS) is 32.7. The molecule has 0 unspecified atom stereocenters. The summed E-state index contributed by atoms with van der Waals surface area (Å²) in [5.41, 5.74) is 4.96. The standard InChI is InChI=1S/C14H26N4O2/c1-10-7-14(8-10,12(15)17-20)13(19)16-9-11-3-5-18(2)6-4-11/h10-11,20H,3-9H2,1-2H3,(H2,15,17)(H,16,19). The lowest BCUT2D eigenvalue weighted by Gasteiger charge is -2.44. The van der Waals surface area contributed by atoms with Crippen molar-refractivity contribution < 1.29 is 10.0 Å². The Bertz CT molecular complexity index is 383. The summed E-state index contributed by atoms with van der Waals surface area (Å²) < 4.78 is 0. The molecule has 1 aliphatic heterocycles. The Labute approximate surface area is 120 Å². The highest BCUT2D eigenvalue weighted by molar-refractivity contribution is 6.07. The minimum Gasteiger partial charge on any atom is -0.409 e. The van der Waals surface area contributed by atoms with Gasteiger partial charge in [-0.1, -0.05) is 12.1 Å². The van der Waals surface area contributed by atoms with Gasteiger partial charge in [0, 0.05) is 6.54 Å². The van der Waals surface area contributed by atoms with Crippen molar-refractivity contribution >= 4 is 11.7 Å². The zero-order chi connectivity index (χ0) is 14.8. The van der Waals surface area contributed by atoms with Crippen LogP contribution < -0.4 is 11.1 Å². The van der Waals surface area contributed by atoms with Crippen molar-refractivity contribution in [2.75, 3.05) is 26.7 Å². The van der Waals surface area contributed by atoms with Crippen LogP contribution in [0.15, 0.2) is 5.16 Å². The molecule has 4 N–H and O–H groups in total. The molecule has 2 aliphatic rings. The van der Waals surface area contributed by atoms with Gasteiger partial charge in [-0.3, -0.25) is 4.79 Å². The number of rotatable bonds is 4. The summed E-state index contributed by atoms with van der Waals surface area (Å²) in [7, 11) is 2.12. The molecule has 1 heterocycles. The van der Waals surface area contributed by atoms with Crippen LogP contribution in [-0.4, -0.2) is 48.5 Å². The molecule has 0 bridgehead atoms. The van der Waals surface area contributed by atoms with Gasteiger partial charge in [-0.2, -0.15) is 0 Å². The number of piperidine rings is 1. The summed E-state index contributed by atoms with van der Waals surface area (Å²) >= 11 is 0. The molecule has 20 heavy (non-hydrogen) atoms. The molecule has 1 amide bonds. The van der Waals surface area contributed by atoms with Gasteiger partial charge in [-0.15, -0.1) is 0 Å². The van der Waals surface area contributed by atoms with E-state index in [9.17, 15) is 4.79 Å². The van der Waals surface area contributed by atoms with Crippen LogP contribution in [0, 0.1) is 17.3 Å². The molecular weight excluding hydrogens is 256 g/mol. The van der Waals surface area contributed by atoms with E-state index < -0.39 is 5.41 Å². The average Bonchev–Trinajstić information content (AvgIpc) is 2.41. The number of nitrogens with two attached hydrogens (primary N) is 1. The summed E-state index contributed by atoms with van der Waals surface area (Å²) in [4.78, 5) is 14.7. The summed E-state index contributed by atoms with van der Waals surface area (Å²) in [5.74, 6) is 0.961. The second-order valence-corrected chi connectivity index (χ2v) is 6.54. The van der Waals surface area contributed by atoms with Crippen LogP contribution in [0.3, 0.4) is 0 Å². The molecule has 2 rings (SSSR count). The third-order valence-corrected chi connectivity index (χ3v) is 4.82. The molecule has 1 saturated heterocycles. The lowest BCUT2D eigenvalue weighted by molar-refractivity contribution is -0.133. The average molecular weight is 282 g/mol. The van der Waals surface area contributed by atoms with Gasteiger partial charge in [0.1, 0.15) is 5.41 Å². The first-order valence-electron chi connectivity index (χ1n) is 7.43. The number of hydrogen-bond acceptors (Lipinski definition) is 4. The minimum absolute atomic E-state index is 0.0523. The molecule has 0 atom stereocenters. The van der Waals surface area contributed by atoms with E-state index in [0.717, 1.165) is 25.9 Å². The quantitative estimate of drug-likeness (QED) is 0.305. The fourth-order valence-corrected chi connectivity index (χ4v) is 3.41. The maximum atomic E-state index is 12.4. The molecule has 0 aromatic rings. The molecule has 6 heteroatoms. The Morgan fingerprint density at radius 2 is 2.05 bits per heavy atom. The molecule has 0 spiro atoms. The summed E-state index contributed by atoms with van der Waals surface area (Å²) in [6.07, 6.45) is 3.57. The van der Waals surface area contributed by atoms with E-state index >= 15 is 0 Å². The second kappa shape index (κ2) is 5.99. The number of oxime groups is 1. The summed E-state index contributed by atoms with van der Waals surface area (Å²) in [6, 6.07) is 0. The van der Waals surface area contributed by atoms with E-state index in [1.807, 2.05) is 0 Å². The van der Waals surface area contributed by atoms with Crippen molar-refractivity contribution in [3.8, 4) is 0 Å². The Kier molecular flexibility index (Phi) is 4.52.